The standard InChI is InChI=1S/C13H18BrF3N2/c1-8(2)19(7-13(15,16)17)10-4-5-11(9(3)18)12(14)6-10/h4-6,8-9H,7,18H2,1-3H3. The minimum absolute atomic E-state index is 0.168. The summed E-state index contributed by atoms with van der Waals surface area (Å²) in [5.74, 6) is 0. The number of halogens is 4. The summed E-state index contributed by atoms with van der Waals surface area (Å²) in [5.41, 5.74) is 7.18. The Labute approximate surface area is 119 Å². The summed E-state index contributed by atoms with van der Waals surface area (Å²) in [7, 11) is 0. The van der Waals surface area contributed by atoms with Gasteiger partial charge in [-0.25, -0.2) is 0 Å². The number of anilines is 1. The van der Waals surface area contributed by atoms with E-state index in [4.69, 9.17) is 5.73 Å². The molecule has 2 N–H and O–H groups in total. The Morgan fingerprint density at radius 3 is 2.21 bits per heavy atom. The Hall–Kier alpha value is -0.750. The molecule has 0 aliphatic heterocycles. The molecule has 0 heterocycles. The maximum Gasteiger partial charge on any atom is 0.405 e. The fourth-order valence-electron chi connectivity index (χ4n) is 1.83. The average Bonchev–Trinajstić information content (AvgIpc) is 2.23. The Kier molecular flexibility index (Phi) is 5.26. The number of hydrogen-bond acceptors (Lipinski definition) is 2. The Morgan fingerprint density at radius 2 is 1.84 bits per heavy atom. The first-order chi connectivity index (χ1) is 8.61. The van der Waals surface area contributed by atoms with E-state index in [0.29, 0.717) is 5.69 Å². The first-order valence-corrected chi connectivity index (χ1v) is 6.79. The summed E-state index contributed by atoms with van der Waals surface area (Å²) in [6.45, 7) is 4.34. The second kappa shape index (κ2) is 6.13. The quantitative estimate of drug-likeness (QED) is 0.889. The molecule has 1 rings (SSSR count). The van der Waals surface area contributed by atoms with E-state index < -0.39 is 12.7 Å². The minimum atomic E-state index is -4.23. The van der Waals surface area contributed by atoms with E-state index in [2.05, 4.69) is 15.9 Å². The van der Waals surface area contributed by atoms with Crippen molar-refractivity contribution in [3.8, 4) is 0 Å². The summed E-state index contributed by atoms with van der Waals surface area (Å²) in [5, 5.41) is 0. The van der Waals surface area contributed by atoms with Gasteiger partial charge in [-0.3, -0.25) is 0 Å². The summed E-state index contributed by atoms with van der Waals surface area (Å²) in [6.07, 6.45) is -4.23. The van der Waals surface area contributed by atoms with E-state index in [1.807, 2.05) is 6.92 Å². The van der Waals surface area contributed by atoms with Gasteiger partial charge in [-0.2, -0.15) is 13.2 Å². The van der Waals surface area contributed by atoms with Crippen LogP contribution in [0.5, 0.6) is 0 Å². The zero-order valence-electron chi connectivity index (χ0n) is 11.1. The molecule has 1 aromatic carbocycles. The van der Waals surface area contributed by atoms with Gasteiger partial charge >= 0.3 is 6.18 Å². The van der Waals surface area contributed by atoms with E-state index in [1.165, 1.54) is 4.90 Å². The predicted molar refractivity (Wildman–Crippen MR) is 75.3 cm³/mol. The number of alkyl halides is 3. The van der Waals surface area contributed by atoms with Gasteiger partial charge in [0.1, 0.15) is 6.54 Å². The molecular weight excluding hydrogens is 321 g/mol. The number of nitrogens with two attached hydrogens (primary N) is 1. The van der Waals surface area contributed by atoms with Crippen LogP contribution in [0.25, 0.3) is 0 Å². The molecule has 0 aromatic heterocycles. The third kappa shape index (κ3) is 4.69. The van der Waals surface area contributed by atoms with Crippen molar-refractivity contribution >= 4 is 21.6 Å². The highest BCUT2D eigenvalue weighted by atomic mass is 79.9. The zero-order valence-corrected chi connectivity index (χ0v) is 12.7. The van der Waals surface area contributed by atoms with Crippen LogP contribution < -0.4 is 10.6 Å². The monoisotopic (exact) mass is 338 g/mol. The third-order valence-electron chi connectivity index (χ3n) is 2.78. The van der Waals surface area contributed by atoms with E-state index in [0.717, 1.165) is 10.0 Å². The normalized spacial score (nSPS) is 13.7. The molecule has 0 saturated heterocycles. The number of nitrogens with zero attached hydrogens (tertiary/aromatic N) is 1. The molecule has 108 valence electrons. The molecule has 0 spiro atoms. The predicted octanol–water partition coefficient (Wildman–Crippen LogP) is 4.25. The lowest BCUT2D eigenvalue weighted by molar-refractivity contribution is -0.120. The highest BCUT2D eigenvalue weighted by Gasteiger charge is 2.32. The van der Waals surface area contributed by atoms with Crippen molar-refractivity contribution < 1.29 is 13.2 Å². The summed E-state index contributed by atoms with van der Waals surface area (Å²) in [6, 6.07) is 4.71. The molecule has 0 fully saturated rings. The van der Waals surface area contributed by atoms with E-state index in [-0.39, 0.29) is 12.1 Å². The minimum Gasteiger partial charge on any atom is -0.360 e. The Balaban J connectivity index is 3.08. The van der Waals surface area contributed by atoms with Crippen LogP contribution in [0.1, 0.15) is 32.4 Å². The summed E-state index contributed by atoms with van der Waals surface area (Å²) < 4.78 is 38.5. The van der Waals surface area contributed by atoms with Crippen LogP contribution in [0.4, 0.5) is 18.9 Å². The largest absolute Gasteiger partial charge is 0.405 e. The van der Waals surface area contributed by atoms with Crippen LogP contribution in [0.15, 0.2) is 22.7 Å². The molecule has 19 heavy (non-hydrogen) atoms. The second-order valence-corrected chi connectivity index (χ2v) is 5.69. The van der Waals surface area contributed by atoms with Gasteiger partial charge in [-0.1, -0.05) is 22.0 Å². The topological polar surface area (TPSA) is 29.3 Å². The molecule has 0 saturated carbocycles. The van der Waals surface area contributed by atoms with Crippen LogP contribution in [0, 0.1) is 0 Å². The summed E-state index contributed by atoms with van der Waals surface area (Å²) in [4.78, 5) is 1.32. The van der Waals surface area contributed by atoms with Crippen molar-refractivity contribution in [2.24, 2.45) is 5.73 Å². The maximum absolute atomic E-state index is 12.6. The molecule has 1 aromatic rings. The summed E-state index contributed by atoms with van der Waals surface area (Å²) >= 11 is 3.36. The van der Waals surface area contributed by atoms with Crippen LogP contribution in [-0.4, -0.2) is 18.8 Å². The molecule has 0 aliphatic rings. The van der Waals surface area contributed by atoms with E-state index in [9.17, 15) is 13.2 Å². The van der Waals surface area contributed by atoms with Crippen molar-refractivity contribution in [3.05, 3.63) is 28.2 Å². The fraction of sp³-hybridized carbons (Fsp3) is 0.538. The molecular formula is C13H18BrF3N2. The maximum atomic E-state index is 12.6. The number of hydrogen-bond donors (Lipinski definition) is 1. The van der Waals surface area contributed by atoms with Crippen LogP contribution >= 0.6 is 15.9 Å². The lowest BCUT2D eigenvalue weighted by atomic mass is 10.1. The van der Waals surface area contributed by atoms with Gasteiger partial charge in [-0.05, 0) is 38.5 Å². The van der Waals surface area contributed by atoms with Crippen molar-refractivity contribution in [3.63, 3.8) is 0 Å². The van der Waals surface area contributed by atoms with E-state index in [1.54, 1.807) is 32.0 Å². The van der Waals surface area contributed by atoms with Crippen molar-refractivity contribution in [1.82, 2.24) is 0 Å². The highest BCUT2D eigenvalue weighted by Crippen LogP contribution is 2.30. The van der Waals surface area contributed by atoms with Gasteiger partial charge in [-0.15, -0.1) is 0 Å². The van der Waals surface area contributed by atoms with Gasteiger partial charge in [0, 0.05) is 22.2 Å². The van der Waals surface area contributed by atoms with Gasteiger partial charge in [0.25, 0.3) is 0 Å². The third-order valence-corrected chi connectivity index (χ3v) is 3.47. The van der Waals surface area contributed by atoms with Gasteiger partial charge in [0.2, 0.25) is 0 Å². The van der Waals surface area contributed by atoms with E-state index >= 15 is 0 Å². The SMILES string of the molecule is CC(N)c1ccc(N(CC(F)(F)F)C(C)C)cc1Br. The lowest BCUT2D eigenvalue weighted by Crippen LogP contribution is -2.39. The lowest BCUT2D eigenvalue weighted by Gasteiger charge is -2.30. The van der Waals surface area contributed by atoms with Crippen LogP contribution in [0.2, 0.25) is 0 Å². The molecule has 0 amide bonds. The van der Waals surface area contributed by atoms with Crippen LogP contribution in [0.3, 0.4) is 0 Å². The second-order valence-electron chi connectivity index (χ2n) is 4.83. The van der Waals surface area contributed by atoms with Gasteiger partial charge in [0.15, 0.2) is 0 Å². The Morgan fingerprint density at radius 1 is 1.26 bits per heavy atom. The van der Waals surface area contributed by atoms with Gasteiger partial charge in [0.05, 0.1) is 0 Å². The molecule has 0 aliphatic carbocycles. The molecule has 0 radical (unpaired) electrons. The van der Waals surface area contributed by atoms with Gasteiger partial charge < -0.3 is 10.6 Å². The fourth-order valence-corrected chi connectivity index (χ4v) is 2.56. The van der Waals surface area contributed by atoms with Crippen molar-refractivity contribution in [2.45, 2.75) is 39.0 Å². The first kappa shape index (κ1) is 16.3. The molecule has 0 bridgehead atoms. The number of rotatable bonds is 4. The number of benzene rings is 1. The smallest absolute Gasteiger partial charge is 0.360 e. The Bertz CT molecular complexity index is 430. The zero-order chi connectivity index (χ0) is 14.8. The molecule has 1 atom stereocenters. The highest BCUT2D eigenvalue weighted by molar-refractivity contribution is 9.10. The van der Waals surface area contributed by atoms with Crippen molar-refractivity contribution in [2.75, 3.05) is 11.4 Å². The average molecular weight is 339 g/mol. The molecule has 1 unspecified atom stereocenters. The molecule has 2 nitrogen and oxygen atoms in total. The molecule has 6 heteroatoms. The first-order valence-electron chi connectivity index (χ1n) is 6.00. The van der Waals surface area contributed by atoms with Crippen LogP contribution in [-0.2, 0) is 0 Å². The van der Waals surface area contributed by atoms with Crippen molar-refractivity contribution in [1.29, 1.82) is 0 Å².